The third-order valence-corrected chi connectivity index (χ3v) is 2.98. The van der Waals surface area contributed by atoms with Crippen molar-refractivity contribution in [3.05, 3.63) is 0 Å². The van der Waals surface area contributed by atoms with Gasteiger partial charge in [-0.3, -0.25) is 0 Å². The second-order valence-electron chi connectivity index (χ2n) is 1.93. The summed E-state index contributed by atoms with van der Waals surface area (Å²) in [6, 6.07) is 0. The molecule has 0 N–H and O–H groups in total. The van der Waals surface area contributed by atoms with Crippen LogP contribution in [0.2, 0.25) is 0 Å². The summed E-state index contributed by atoms with van der Waals surface area (Å²) in [5, 5.41) is 0. The second-order valence-corrected chi connectivity index (χ2v) is 4.37. The van der Waals surface area contributed by atoms with Crippen LogP contribution in [0.15, 0.2) is 0 Å². The van der Waals surface area contributed by atoms with Crippen molar-refractivity contribution >= 4 is 21.4 Å². The van der Waals surface area contributed by atoms with Gasteiger partial charge in [0, 0.05) is 0 Å². The minimum Gasteiger partial charge on any atom is -0.229 e. The highest BCUT2D eigenvalue weighted by atomic mass is 32.2. The third kappa shape index (κ3) is 4.63. The number of hydrogen-bond donors (Lipinski definition) is 0. The van der Waals surface area contributed by atoms with Crippen LogP contribution < -0.4 is 0 Å². The Kier molecular flexibility index (Phi) is 4.46. The molecule has 1 fully saturated rings. The van der Waals surface area contributed by atoms with Crippen molar-refractivity contribution in [2.45, 2.75) is 12.8 Å². The fraction of sp³-hybridized carbons (Fsp3) is 1.00. The summed E-state index contributed by atoms with van der Waals surface area (Å²) in [6.07, 6.45) is 1.75. The Morgan fingerprint density at radius 3 is 1.40 bits per heavy atom. The molecule has 0 atom stereocenters. The molecule has 1 aliphatic rings. The molecule has 0 unspecified atom stereocenters. The van der Waals surface area contributed by atoms with Gasteiger partial charge in [-0.05, 0) is 12.8 Å². The highest BCUT2D eigenvalue weighted by molar-refractivity contribution is 7.91. The van der Waals surface area contributed by atoms with Crippen LogP contribution in [0.5, 0.6) is 0 Å². The average Bonchev–Trinajstić information content (AvgIpc) is 2.16. The molecule has 6 heteroatoms. The van der Waals surface area contributed by atoms with Gasteiger partial charge in [0.15, 0.2) is 0 Å². The first-order valence-electron chi connectivity index (χ1n) is 2.74. The minimum atomic E-state index is -2.55. The molecule has 1 saturated heterocycles. The van der Waals surface area contributed by atoms with Gasteiger partial charge in [0.1, 0.15) is 9.84 Å². The van der Waals surface area contributed by atoms with Crippen LogP contribution in [0.25, 0.3) is 0 Å². The third-order valence-electron chi connectivity index (χ3n) is 1.16. The van der Waals surface area contributed by atoms with Crippen LogP contribution in [0.4, 0.5) is 0 Å². The van der Waals surface area contributed by atoms with Crippen molar-refractivity contribution in [1.29, 1.82) is 0 Å². The van der Waals surface area contributed by atoms with E-state index in [0.29, 0.717) is 11.5 Å². The average molecular weight is 184 g/mol. The van der Waals surface area contributed by atoms with Crippen molar-refractivity contribution in [2.75, 3.05) is 11.5 Å². The molecule has 0 radical (unpaired) electrons. The van der Waals surface area contributed by atoms with E-state index in [9.17, 15) is 8.42 Å². The second kappa shape index (κ2) is 4.56. The SMILES string of the molecule is O=S1(=O)CCCC1.O=S=O. The highest BCUT2D eigenvalue weighted by Crippen LogP contribution is 2.08. The lowest BCUT2D eigenvalue weighted by atomic mass is 10.4. The highest BCUT2D eigenvalue weighted by Gasteiger charge is 2.16. The molecule has 0 spiro atoms. The van der Waals surface area contributed by atoms with Crippen molar-refractivity contribution < 1.29 is 16.8 Å². The summed E-state index contributed by atoms with van der Waals surface area (Å²) < 4.78 is 37.4. The first kappa shape index (κ1) is 9.77. The van der Waals surface area contributed by atoms with Crippen LogP contribution in [-0.2, 0) is 21.4 Å². The first-order valence-corrected chi connectivity index (χ1v) is 5.23. The predicted octanol–water partition coefficient (Wildman–Crippen LogP) is -0.475. The fourth-order valence-electron chi connectivity index (χ4n) is 0.746. The normalized spacial score (nSPS) is 20.8. The molecule has 1 heterocycles. The van der Waals surface area contributed by atoms with Gasteiger partial charge in [0.2, 0.25) is 0 Å². The smallest absolute Gasteiger partial charge is 0.229 e. The molecule has 60 valence electrons. The quantitative estimate of drug-likeness (QED) is 0.510. The van der Waals surface area contributed by atoms with Crippen molar-refractivity contribution in [2.24, 2.45) is 0 Å². The molecule has 10 heavy (non-hydrogen) atoms. The molecule has 1 rings (SSSR count). The molecule has 0 saturated carbocycles. The van der Waals surface area contributed by atoms with Gasteiger partial charge in [-0.2, -0.15) is 8.42 Å². The molecular formula is C4H8O4S2. The van der Waals surface area contributed by atoms with Gasteiger partial charge in [0.05, 0.1) is 11.5 Å². The van der Waals surface area contributed by atoms with E-state index in [2.05, 4.69) is 0 Å². The van der Waals surface area contributed by atoms with Crippen LogP contribution in [0, 0.1) is 0 Å². The maximum Gasteiger partial charge on any atom is 0.335 e. The lowest BCUT2D eigenvalue weighted by molar-refractivity contribution is 0.602. The van der Waals surface area contributed by atoms with Crippen LogP contribution in [-0.4, -0.2) is 28.3 Å². The summed E-state index contributed by atoms with van der Waals surface area (Å²) in [6.45, 7) is 0. The Morgan fingerprint density at radius 2 is 1.30 bits per heavy atom. The van der Waals surface area contributed by atoms with Gasteiger partial charge in [-0.25, -0.2) is 8.42 Å². The Balaban J connectivity index is 0.000000236. The monoisotopic (exact) mass is 184 g/mol. The van der Waals surface area contributed by atoms with Crippen molar-refractivity contribution in [1.82, 2.24) is 0 Å². The molecule has 4 nitrogen and oxygen atoms in total. The fourth-order valence-corrected chi connectivity index (χ4v) is 2.24. The minimum absolute atomic E-state index is 0.424. The number of rotatable bonds is 0. The zero-order valence-electron chi connectivity index (χ0n) is 5.28. The molecule has 0 aromatic heterocycles. The topological polar surface area (TPSA) is 68.3 Å². The molecule has 1 aliphatic heterocycles. The van der Waals surface area contributed by atoms with Gasteiger partial charge < -0.3 is 0 Å². The van der Waals surface area contributed by atoms with Crippen LogP contribution in [0.3, 0.4) is 0 Å². The van der Waals surface area contributed by atoms with Crippen molar-refractivity contribution in [3.8, 4) is 0 Å². The van der Waals surface area contributed by atoms with E-state index < -0.39 is 21.4 Å². The maximum absolute atomic E-state index is 10.4. The molecule has 0 aliphatic carbocycles. The Labute approximate surface area is 63.1 Å². The van der Waals surface area contributed by atoms with E-state index in [4.69, 9.17) is 8.42 Å². The van der Waals surface area contributed by atoms with Gasteiger partial charge in [-0.1, -0.05) is 0 Å². The van der Waals surface area contributed by atoms with Crippen LogP contribution in [0.1, 0.15) is 12.8 Å². The van der Waals surface area contributed by atoms with E-state index in [-0.39, 0.29) is 0 Å². The Bertz CT molecular complexity index is 199. The first-order chi connectivity index (χ1) is 4.62. The summed E-state index contributed by atoms with van der Waals surface area (Å²) >= 11 is -0.750. The lowest BCUT2D eigenvalue weighted by Crippen LogP contribution is -1.98. The van der Waals surface area contributed by atoms with Gasteiger partial charge >= 0.3 is 11.6 Å². The molecule has 0 bridgehead atoms. The van der Waals surface area contributed by atoms with E-state index in [1.165, 1.54) is 0 Å². The molecule has 0 amide bonds. The predicted molar refractivity (Wildman–Crippen MR) is 36.8 cm³/mol. The van der Waals surface area contributed by atoms with E-state index in [0.717, 1.165) is 12.8 Å². The molecule has 0 aromatic rings. The van der Waals surface area contributed by atoms with Crippen molar-refractivity contribution in [3.63, 3.8) is 0 Å². The summed E-state index contributed by atoms with van der Waals surface area (Å²) in [7, 11) is -2.55. The van der Waals surface area contributed by atoms with Crippen LogP contribution >= 0.6 is 0 Å². The zero-order valence-corrected chi connectivity index (χ0v) is 6.91. The van der Waals surface area contributed by atoms with Gasteiger partial charge in [-0.15, -0.1) is 0 Å². The largest absolute Gasteiger partial charge is 0.335 e. The molecule has 0 aromatic carbocycles. The molecular weight excluding hydrogens is 176 g/mol. The number of hydrogen-bond acceptors (Lipinski definition) is 4. The maximum atomic E-state index is 10.4. The number of sulfone groups is 1. The summed E-state index contributed by atoms with van der Waals surface area (Å²) in [4.78, 5) is 0. The summed E-state index contributed by atoms with van der Waals surface area (Å²) in [5.74, 6) is 0.847. The lowest BCUT2D eigenvalue weighted by Gasteiger charge is -1.81. The van der Waals surface area contributed by atoms with Gasteiger partial charge in [0.25, 0.3) is 0 Å². The Hall–Kier alpha value is -0.230. The van der Waals surface area contributed by atoms with E-state index in [1.54, 1.807) is 0 Å². The standard InChI is InChI=1S/C4H8O2S.O2S/c5-7(6)3-1-2-4-7;1-3-2/h1-4H2;. The van der Waals surface area contributed by atoms with E-state index in [1.807, 2.05) is 0 Å². The van der Waals surface area contributed by atoms with E-state index >= 15 is 0 Å². The zero-order chi connectivity index (χ0) is 8.04. The summed E-state index contributed by atoms with van der Waals surface area (Å²) in [5.41, 5.74) is 0. The Morgan fingerprint density at radius 1 is 1.00 bits per heavy atom.